The van der Waals surface area contributed by atoms with Crippen molar-refractivity contribution < 1.29 is 33.3 Å². The molecule has 11 heteroatoms. The Hall–Kier alpha value is -4.32. The first kappa shape index (κ1) is 32.1. The summed E-state index contributed by atoms with van der Waals surface area (Å²) in [6, 6.07) is 20.8. The lowest BCUT2D eigenvalue weighted by Crippen LogP contribution is -2.57. The van der Waals surface area contributed by atoms with Gasteiger partial charge >= 0.3 is 6.03 Å². The molecule has 1 saturated heterocycles. The number of anilines is 2. The summed E-state index contributed by atoms with van der Waals surface area (Å²) in [4.78, 5) is 29.1. The number of para-hydroxylation sites is 1. The Bertz CT molecular complexity index is 1420. The minimum atomic E-state index is -0.212. The first-order chi connectivity index (χ1) is 22.1. The second kappa shape index (κ2) is 16.1. The zero-order chi connectivity index (χ0) is 31.4. The maximum Gasteiger partial charge on any atom is 0.322 e. The van der Waals surface area contributed by atoms with Gasteiger partial charge in [-0.2, -0.15) is 0 Å². The largest absolute Gasteiger partial charge is 0.496 e. The number of carbonyl (C=O) groups excluding carboxylic acids is 2. The highest BCUT2D eigenvalue weighted by atomic mass is 16.5. The van der Waals surface area contributed by atoms with Crippen molar-refractivity contribution in [2.24, 2.45) is 0 Å². The van der Waals surface area contributed by atoms with Gasteiger partial charge in [-0.25, -0.2) is 4.79 Å². The fraction of sp³-hybridized carbons (Fsp3) is 0.412. The first-order valence-corrected chi connectivity index (χ1v) is 15.3. The lowest BCUT2D eigenvalue weighted by molar-refractivity contribution is -0.119. The Labute approximate surface area is 264 Å². The van der Waals surface area contributed by atoms with Crippen LogP contribution in [0.15, 0.2) is 66.7 Å². The van der Waals surface area contributed by atoms with Gasteiger partial charge in [0, 0.05) is 57.1 Å². The van der Waals surface area contributed by atoms with Gasteiger partial charge in [-0.15, -0.1) is 0 Å². The van der Waals surface area contributed by atoms with Crippen molar-refractivity contribution in [3.63, 3.8) is 0 Å². The van der Waals surface area contributed by atoms with Crippen molar-refractivity contribution in [2.45, 2.75) is 32.0 Å². The van der Waals surface area contributed by atoms with E-state index in [4.69, 9.17) is 23.7 Å². The summed E-state index contributed by atoms with van der Waals surface area (Å²) in [5.74, 6) is 2.17. The lowest BCUT2D eigenvalue weighted by Gasteiger charge is -2.36. The molecule has 0 radical (unpaired) electrons. The quantitative estimate of drug-likeness (QED) is 0.231. The maximum absolute atomic E-state index is 13.0. The number of amides is 3. The van der Waals surface area contributed by atoms with Gasteiger partial charge in [0.25, 0.3) is 0 Å². The lowest BCUT2D eigenvalue weighted by atomic mass is 10.1. The molecule has 2 N–H and O–H groups in total. The van der Waals surface area contributed by atoms with Crippen LogP contribution in [0, 0.1) is 0 Å². The SMILES string of the molecule is COCCCN1C(=O)NCc2ccc(OC[C@H]3CNCC(=O)N3c3ccc(OCCCOCc4ccccc4OC)cc3)cc21. The Morgan fingerprint density at radius 1 is 0.867 bits per heavy atom. The summed E-state index contributed by atoms with van der Waals surface area (Å²) in [6.45, 7) is 4.30. The zero-order valence-electron chi connectivity index (χ0n) is 26.0. The zero-order valence-corrected chi connectivity index (χ0v) is 26.0. The molecule has 3 amide bonds. The average Bonchev–Trinajstić information content (AvgIpc) is 3.07. The fourth-order valence-corrected chi connectivity index (χ4v) is 5.46. The third kappa shape index (κ3) is 8.44. The van der Waals surface area contributed by atoms with Gasteiger partial charge in [-0.1, -0.05) is 24.3 Å². The van der Waals surface area contributed by atoms with E-state index < -0.39 is 0 Å². The molecule has 5 rings (SSSR count). The summed E-state index contributed by atoms with van der Waals surface area (Å²) < 4.78 is 28.4. The molecule has 45 heavy (non-hydrogen) atoms. The van der Waals surface area contributed by atoms with Crippen molar-refractivity contribution in [2.75, 3.05) is 70.1 Å². The molecular formula is C34H42N4O7. The van der Waals surface area contributed by atoms with Gasteiger partial charge in [0.05, 0.1) is 45.2 Å². The number of ether oxygens (including phenoxy) is 5. The Morgan fingerprint density at radius 3 is 2.51 bits per heavy atom. The number of hydrogen-bond donors (Lipinski definition) is 2. The Kier molecular flexibility index (Phi) is 11.5. The highest BCUT2D eigenvalue weighted by Crippen LogP contribution is 2.30. The number of rotatable bonds is 16. The van der Waals surface area contributed by atoms with Crippen LogP contribution < -0.4 is 34.6 Å². The van der Waals surface area contributed by atoms with E-state index >= 15 is 0 Å². The van der Waals surface area contributed by atoms with Crippen LogP contribution in [0.1, 0.15) is 24.0 Å². The standard InChI is InChI=1S/C34H42N4O7/c1-41-16-5-15-37-31-19-30(12-9-25(31)20-36-34(37)40)45-24-28-21-35-22-33(39)38(28)27-10-13-29(14-11-27)44-18-6-17-43-23-26-7-3-4-8-32(26)42-2/h3-4,7-14,19,28,35H,5-6,15-18,20-24H2,1-2H3,(H,36,40)/t28-/m1/s1. The fourth-order valence-electron chi connectivity index (χ4n) is 5.46. The van der Waals surface area contributed by atoms with Crippen LogP contribution in [-0.4, -0.2) is 78.3 Å². The second-order valence-corrected chi connectivity index (χ2v) is 10.9. The molecule has 0 aromatic heterocycles. The smallest absolute Gasteiger partial charge is 0.322 e. The third-order valence-electron chi connectivity index (χ3n) is 7.75. The molecule has 2 heterocycles. The van der Waals surface area contributed by atoms with Crippen LogP contribution in [0.4, 0.5) is 16.2 Å². The van der Waals surface area contributed by atoms with Gasteiger partial charge in [0.15, 0.2) is 0 Å². The summed E-state index contributed by atoms with van der Waals surface area (Å²) >= 11 is 0. The van der Waals surface area contributed by atoms with Crippen LogP contribution in [0.5, 0.6) is 17.2 Å². The predicted molar refractivity (Wildman–Crippen MR) is 171 cm³/mol. The predicted octanol–water partition coefficient (Wildman–Crippen LogP) is 4.13. The molecule has 0 bridgehead atoms. The van der Waals surface area contributed by atoms with Gasteiger partial charge in [0.2, 0.25) is 5.91 Å². The summed E-state index contributed by atoms with van der Waals surface area (Å²) in [7, 11) is 3.30. The molecule has 0 unspecified atom stereocenters. The molecule has 0 spiro atoms. The highest BCUT2D eigenvalue weighted by Gasteiger charge is 2.30. The van der Waals surface area contributed by atoms with E-state index in [2.05, 4.69) is 10.6 Å². The topological polar surface area (TPSA) is 111 Å². The molecule has 3 aromatic carbocycles. The normalized spacial score (nSPS) is 16.3. The molecule has 0 aliphatic carbocycles. The Balaban J connectivity index is 1.13. The van der Waals surface area contributed by atoms with Crippen molar-refractivity contribution >= 4 is 23.3 Å². The molecule has 0 saturated carbocycles. The Morgan fingerprint density at radius 2 is 1.69 bits per heavy atom. The number of benzene rings is 3. The number of carbonyl (C=O) groups is 2. The van der Waals surface area contributed by atoms with Crippen molar-refractivity contribution in [3.8, 4) is 17.2 Å². The van der Waals surface area contributed by atoms with Gasteiger partial charge < -0.3 is 39.2 Å². The molecule has 240 valence electrons. The van der Waals surface area contributed by atoms with E-state index in [0.717, 1.165) is 46.8 Å². The van der Waals surface area contributed by atoms with Crippen LogP contribution in [-0.2, 0) is 27.4 Å². The van der Waals surface area contributed by atoms with Gasteiger partial charge in [-0.3, -0.25) is 9.69 Å². The molecule has 3 aromatic rings. The number of urea groups is 1. The molecular weight excluding hydrogens is 576 g/mol. The van der Waals surface area contributed by atoms with E-state index in [1.54, 1.807) is 24.0 Å². The van der Waals surface area contributed by atoms with E-state index in [0.29, 0.717) is 58.4 Å². The van der Waals surface area contributed by atoms with Crippen molar-refractivity contribution in [3.05, 3.63) is 77.9 Å². The van der Waals surface area contributed by atoms with Crippen LogP contribution in [0.25, 0.3) is 0 Å². The van der Waals surface area contributed by atoms with Crippen molar-refractivity contribution in [1.29, 1.82) is 0 Å². The average molecular weight is 619 g/mol. The van der Waals surface area contributed by atoms with Crippen LogP contribution in [0.3, 0.4) is 0 Å². The maximum atomic E-state index is 13.0. The number of hydrogen-bond acceptors (Lipinski definition) is 8. The van der Waals surface area contributed by atoms with Gasteiger partial charge in [0.1, 0.15) is 23.9 Å². The molecule has 1 atom stereocenters. The van der Waals surface area contributed by atoms with E-state index in [1.165, 1.54) is 0 Å². The molecule has 11 nitrogen and oxygen atoms in total. The summed E-state index contributed by atoms with van der Waals surface area (Å²) in [6.07, 6.45) is 1.47. The number of nitrogens with one attached hydrogen (secondary N) is 2. The third-order valence-corrected chi connectivity index (χ3v) is 7.75. The summed E-state index contributed by atoms with van der Waals surface area (Å²) in [5, 5.41) is 6.11. The molecule has 2 aliphatic heterocycles. The minimum Gasteiger partial charge on any atom is -0.496 e. The van der Waals surface area contributed by atoms with Crippen molar-refractivity contribution in [1.82, 2.24) is 10.6 Å². The van der Waals surface area contributed by atoms with Gasteiger partial charge in [-0.05, 0) is 48.4 Å². The number of piperazine rings is 1. The van der Waals surface area contributed by atoms with Crippen LogP contribution >= 0.6 is 0 Å². The van der Waals surface area contributed by atoms with E-state index in [9.17, 15) is 9.59 Å². The summed E-state index contributed by atoms with van der Waals surface area (Å²) in [5.41, 5.74) is 3.66. The van der Waals surface area contributed by atoms with E-state index in [1.807, 2.05) is 66.7 Å². The molecule has 1 fully saturated rings. The molecule has 2 aliphatic rings. The van der Waals surface area contributed by atoms with Crippen LogP contribution in [0.2, 0.25) is 0 Å². The number of nitrogens with zero attached hydrogens (tertiary/aromatic N) is 2. The van der Waals surface area contributed by atoms with E-state index in [-0.39, 0.29) is 24.5 Å². The minimum absolute atomic E-state index is 0.0258. The number of fused-ring (bicyclic) bond motifs is 1. The monoisotopic (exact) mass is 618 g/mol. The highest BCUT2D eigenvalue weighted by molar-refractivity contribution is 5.96. The first-order valence-electron chi connectivity index (χ1n) is 15.3. The second-order valence-electron chi connectivity index (χ2n) is 10.9. The number of methoxy groups -OCH3 is 2.